The summed E-state index contributed by atoms with van der Waals surface area (Å²) in [7, 11) is 0. The van der Waals surface area contributed by atoms with Gasteiger partial charge in [-0.3, -0.25) is 4.98 Å². The fourth-order valence-electron chi connectivity index (χ4n) is 3.09. The molecule has 0 saturated carbocycles. The zero-order valence-electron chi connectivity index (χ0n) is 14.4. The lowest BCUT2D eigenvalue weighted by molar-refractivity contribution is 0.570. The van der Waals surface area contributed by atoms with Crippen LogP contribution in [0.4, 0.5) is 0 Å². The minimum absolute atomic E-state index is 0.00990. The number of pyridine rings is 2. The van der Waals surface area contributed by atoms with E-state index in [0.717, 1.165) is 44.4 Å². The topological polar surface area (TPSA) is 38.9 Å². The zero-order chi connectivity index (χ0) is 16.9. The van der Waals surface area contributed by atoms with Gasteiger partial charge in [0.05, 0.1) is 12.0 Å². The van der Waals surface area contributed by atoms with Gasteiger partial charge in [-0.1, -0.05) is 32.9 Å². The van der Waals surface area contributed by atoms with Crippen molar-refractivity contribution in [2.75, 3.05) is 0 Å². The number of hydrogen-bond acceptors (Lipinski definition) is 3. The molecule has 0 atom stereocenters. The van der Waals surface area contributed by atoms with Crippen molar-refractivity contribution in [2.24, 2.45) is 0 Å². The van der Waals surface area contributed by atoms with Crippen molar-refractivity contribution in [2.45, 2.75) is 33.1 Å². The van der Waals surface area contributed by atoms with E-state index in [9.17, 15) is 0 Å². The lowest BCUT2D eigenvalue weighted by Gasteiger charge is -2.19. The quantitative estimate of drug-likeness (QED) is 0.455. The molecule has 0 aliphatic rings. The van der Waals surface area contributed by atoms with Gasteiger partial charge >= 0.3 is 0 Å². The molecule has 0 aliphatic heterocycles. The van der Waals surface area contributed by atoms with E-state index < -0.39 is 0 Å². The van der Waals surface area contributed by atoms with Gasteiger partial charge in [-0.2, -0.15) is 0 Å². The number of furan rings is 1. The monoisotopic (exact) mass is 316 g/mol. The summed E-state index contributed by atoms with van der Waals surface area (Å²) in [5, 5.41) is 2.13. The number of aryl methyl sites for hydroxylation is 1. The van der Waals surface area contributed by atoms with Crippen molar-refractivity contribution in [3.63, 3.8) is 0 Å². The van der Waals surface area contributed by atoms with E-state index in [1.54, 1.807) is 6.26 Å². The minimum atomic E-state index is -0.00990. The van der Waals surface area contributed by atoms with Crippen LogP contribution in [0.1, 0.15) is 32.0 Å². The summed E-state index contributed by atoms with van der Waals surface area (Å²) >= 11 is 0. The molecule has 3 heteroatoms. The van der Waals surface area contributed by atoms with Gasteiger partial charge in [0.1, 0.15) is 5.52 Å². The molecule has 0 fully saturated rings. The van der Waals surface area contributed by atoms with Crippen LogP contribution < -0.4 is 0 Å². The molecule has 0 saturated heterocycles. The number of hydrogen-bond donors (Lipinski definition) is 0. The predicted octanol–water partition coefficient (Wildman–Crippen LogP) is 5.65. The largest absolute Gasteiger partial charge is 0.462 e. The molecule has 120 valence electrons. The molecule has 3 nitrogen and oxygen atoms in total. The molecule has 3 aromatic heterocycles. The number of fused-ring (bicyclic) bond motifs is 3. The first kappa shape index (κ1) is 14.9. The molecule has 0 unspecified atom stereocenters. The van der Waals surface area contributed by atoms with E-state index in [1.165, 1.54) is 0 Å². The Kier molecular flexibility index (Phi) is 3.20. The third-order valence-electron chi connectivity index (χ3n) is 4.43. The minimum Gasteiger partial charge on any atom is -0.462 e. The third-order valence-corrected chi connectivity index (χ3v) is 4.43. The van der Waals surface area contributed by atoms with Crippen LogP contribution in [0.25, 0.3) is 33.1 Å². The van der Waals surface area contributed by atoms with Crippen molar-refractivity contribution in [3.8, 4) is 11.3 Å². The van der Waals surface area contributed by atoms with E-state index in [4.69, 9.17) is 9.40 Å². The predicted molar refractivity (Wildman–Crippen MR) is 98.2 cm³/mol. The Bertz CT molecular complexity index is 1050. The van der Waals surface area contributed by atoms with E-state index in [0.29, 0.717) is 0 Å². The summed E-state index contributed by atoms with van der Waals surface area (Å²) in [5.41, 5.74) is 6.05. The van der Waals surface area contributed by atoms with Gasteiger partial charge in [0.15, 0.2) is 5.58 Å². The van der Waals surface area contributed by atoms with Gasteiger partial charge in [0.25, 0.3) is 0 Å². The first-order valence-electron chi connectivity index (χ1n) is 8.18. The Hall–Kier alpha value is -2.68. The van der Waals surface area contributed by atoms with Gasteiger partial charge in [0.2, 0.25) is 0 Å². The van der Waals surface area contributed by atoms with E-state index in [-0.39, 0.29) is 5.41 Å². The van der Waals surface area contributed by atoms with Gasteiger partial charge in [-0.25, -0.2) is 4.98 Å². The maximum absolute atomic E-state index is 5.74. The normalized spacial score (nSPS) is 12.2. The first-order chi connectivity index (χ1) is 11.4. The molecule has 4 rings (SSSR count). The summed E-state index contributed by atoms with van der Waals surface area (Å²) in [6, 6.07) is 12.4. The zero-order valence-corrected chi connectivity index (χ0v) is 14.4. The molecule has 24 heavy (non-hydrogen) atoms. The summed E-state index contributed by atoms with van der Waals surface area (Å²) in [6.45, 7) is 8.61. The summed E-state index contributed by atoms with van der Waals surface area (Å²) in [6.07, 6.45) is 3.56. The van der Waals surface area contributed by atoms with Gasteiger partial charge in [-0.05, 0) is 36.8 Å². The van der Waals surface area contributed by atoms with Crippen LogP contribution in [0.15, 0.2) is 53.3 Å². The van der Waals surface area contributed by atoms with Crippen molar-refractivity contribution < 1.29 is 4.42 Å². The van der Waals surface area contributed by atoms with Crippen molar-refractivity contribution in [1.82, 2.24) is 9.97 Å². The molecule has 1 aromatic carbocycles. The summed E-state index contributed by atoms with van der Waals surface area (Å²) in [4.78, 5) is 9.54. The highest BCUT2D eigenvalue weighted by atomic mass is 16.3. The lowest BCUT2D eigenvalue weighted by atomic mass is 9.90. The number of nitrogens with zero attached hydrogens (tertiary/aromatic N) is 2. The second-order valence-electron chi connectivity index (χ2n) is 7.27. The SMILES string of the molecule is Cc1cccnc1-c1cc2ccoc2c2nc(C(C)(C)C)ccc12. The van der Waals surface area contributed by atoms with E-state index >= 15 is 0 Å². The van der Waals surface area contributed by atoms with Crippen molar-refractivity contribution in [1.29, 1.82) is 0 Å². The standard InChI is InChI=1S/C21H20N2O/c1-13-6-5-10-22-18(13)16-12-14-9-11-24-20(14)19-15(16)7-8-17(23-19)21(2,3)4/h5-12H,1-4H3. The Balaban J connectivity index is 2.12. The van der Waals surface area contributed by atoms with Crippen molar-refractivity contribution in [3.05, 3.63) is 60.1 Å². The highest BCUT2D eigenvalue weighted by Crippen LogP contribution is 2.36. The maximum Gasteiger partial charge on any atom is 0.160 e. The third kappa shape index (κ3) is 2.28. The number of aromatic nitrogens is 2. The Morgan fingerprint density at radius 3 is 2.62 bits per heavy atom. The molecule has 3 heterocycles. The average molecular weight is 316 g/mol. The Morgan fingerprint density at radius 2 is 1.88 bits per heavy atom. The van der Waals surface area contributed by atoms with Crippen molar-refractivity contribution >= 4 is 21.9 Å². The summed E-state index contributed by atoms with van der Waals surface area (Å²) < 4.78 is 5.74. The molecule has 0 radical (unpaired) electrons. The molecule has 4 aromatic rings. The second kappa shape index (κ2) is 5.17. The highest BCUT2D eigenvalue weighted by Gasteiger charge is 2.19. The van der Waals surface area contributed by atoms with Crippen LogP contribution >= 0.6 is 0 Å². The molecule has 0 spiro atoms. The summed E-state index contributed by atoms with van der Waals surface area (Å²) in [5.74, 6) is 0. The second-order valence-corrected chi connectivity index (χ2v) is 7.27. The van der Waals surface area contributed by atoms with Gasteiger partial charge < -0.3 is 4.42 Å². The lowest BCUT2D eigenvalue weighted by Crippen LogP contribution is -2.13. The highest BCUT2D eigenvalue weighted by molar-refractivity contribution is 6.09. The van der Waals surface area contributed by atoms with Crippen LogP contribution in [0, 0.1) is 6.92 Å². The van der Waals surface area contributed by atoms with Gasteiger partial charge in [-0.15, -0.1) is 0 Å². The molecule has 0 amide bonds. The Morgan fingerprint density at radius 1 is 1.04 bits per heavy atom. The maximum atomic E-state index is 5.74. The molecule has 0 N–H and O–H groups in total. The first-order valence-corrected chi connectivity index (χ1v) is 8.18. The van der Waals surface area contributed by atoms with Crippen LogP contribution in [0.5, 0.6) is 0 Å². The molecule has 0 aliphatic carbocycles. The average Bonchev–Trinajstić information content (AvgIpc) is 3.02. The van der Waals surface area contributed by atoms with Crippen LogP contribution in [-0.2, 0) is 5.41 Å². The fourth-order valence-corrected chi connectivity index (χ4v) is 3.09. The van der Waals surface area contributed by atoms with E-state index in [2.05, 4.69) is 56.9 Å². The number of benzene rings is 1. The molecular formula is C21H20N2O. The van der Waals surface area contributed by atoms with Gasteiger partial charge in [0, 0.05) is 33.6 Å². The fraction of sp³-hybridized carbons (Fsp3) is 0.238. The van der Waals surface area contributed by atoms with Crippen LogP contribution in [-0.4, -0.2) is 9.97 Å². The molecule has 0 bridgehead atoms. The van der Waals surface area contributed by atoms with E-state index in [1.807, 2.05) is 18.3 Å². The Labute approximate surface area is 141 Å². The van der Waals surface area contributed by atoms with Crippen LogP contribution in [0.3, 0.4) is 0 Å². The smallest absolute Gasteiger partial charge is 0.160 e. The van der Waals surface area contributed by atoms with Crippen LogP contribution in [0.2, 0.25) is 0 Å². The number of rotatable bonds is 1. The molecular weight excluding hydrogens is 296 g/mol.